The Morgan fingerprint density at radius 3 is 1.88 bits per heavy atom. The predicted octanol–water partition coefficient (Wildman–Crippen LogP) is 7.05. The van der Waals surface area contributed by atoms with Crippen molar-refractivity contribution in [2.45, 2.75) is 148 Å². The Bertz CT molecular complexity index is 494. The van der Waals surface area contributed by atoms with Crippen LogP contribution in [0.4, 0.5) is 0 Å². The van der Waals surface area contributed by atoms with Gasteiger partial charge in [-0.3, -0.25) is 4.79 Å². The van der Waals surface area contributed by atoms with Gasteiger partial charge >= 0.3 is 5.97 Å². The summed E-state index contributed by atoms with van der Waals surface area (Å²) < 4.78 is 5.45. The second kappa shape index (κ2) is 20.3. The standard InChI is InChI=1S/C28H50O4/c1-2-3-4-5-6-7-8-9-10-11-12-13-14-15-16-18-21-25(28(30)31)24-27(29)32-26-22-19-17-20-23-26/h16,18,25-26H,2-15,17,19-24H2,1H3,(H,30,31)/p-1. The van der Waals surface area contributed by atoms with E-state index in [1.54, 1.807) is 0 Å². The van der Waals surface area contributed by atoms with Crippen LogP contribution in [0, 0.1) is 5.92 Å². The van der Waals surface area contributed by atoms with Gasteiger partial charge in [-0.2, -0.15) is 0 Å². The molecule has 0 saturated heterocycles. The van der Waals surface area contributed by atoms with Crippen molar-refractivity contribution in [3.05, 3.63) is 12.2 Å². The minimum atomic E-state index is -1.16. The van der Waals surface area contributed by atoms with Gasteiger partial charge in [0.25, 0.3) is 0 Å². The van der Waals surface area contributed by atoms with Crippen molar-refractivity contribution in [2.75, 3.05) is 0 Å². The van der Waals surface area contributed by atoms with Crippen LogP contribution < -0.4 is 5.11 Å². The fourth-order valence-corrected chi connectivity index (χ4v) is 4.54. The molecule has 0 N–H and O–H groups in total. The number of hydrogen-bond donors (Lipinski definition) is 0. The van der Waals surface area contributed by atoms with Crippen molar-refractivity contribution in [2.24, 2.45) is 5.92 Å². The zero-order valence-electron chi connectivity index (χ0n) is 20.8. The number of hydrogen-bond acceptors (Lipinski definition) is 4. The second-order valence-electron chi connectivity index (χ2n) is 9.71. The molecule has 1 rings (SSSR count). The second-order valence-corrected chi connectivity index (χ2v) is 9.71. The summed E-state index contributed by atoms with van der Waals surface area (Å²) in [6, 6.07) is 0. The third-order valence-electron chi connectivity index (χ3n) is 6.66. The lowest BCUT2D eigenvalue weighted by Crippen LogP contribution is -2.33. The highest BCUT2D eigenvalue weighted by Crippen LogP contribution is 2.22. The summed E-state index contributed by atoms with van der Waals surface area (Å²) in [4.78, 5) is 23.4. The van der Waals surface area contributed by atoms with Gasteiger partial charge in [-0.15, -0.1) is 0 Å². The first kappa shape index (κ1) is 28.7. The molecule has 0 aliphatic heterocycles. The molecule has 186 valence electrons. The summed E-state index contributed by atoms with van der Waals surface area (Å²) in [5, 5.41) is 11.4. The molecule has 1 atom stereocenters. The molecule has 4 heteroatoms. The minimum Gasteiger partial charge on any atom is -0.550 e. The van der Waals surface area contributed by atoms with Crippen LogP contribution >= 0.6 is 0 Å². The van der Waals surface area contributed by atoms with Gasteiger partial charge in [0.1, 0.15) is 6.10 Å². The fraction of sp³-hybridized carbons (Fsp3) is 0.857. The summed E-state index contributed by atoms with van der Waals surface area (Å²) in [7, 11) is 0. The Hall–Kier alpha value is -1.32. The number of rotatable bonds is 20. The molecule has 1 aliphatic carbocycles. The van der Waals surface area contributed by atoms with E-state index in [-0.39, 0.29) is 12.5 Å². The summed E-state index contributed by atoms with van der Waals surface area (Å²) in [5.74, 6) is -2.33. The average molecular weight is 450 g/mol. The van der Waals surface area contributed by atoms with Crippen LogP contribution in [-0.4, -0.2) is 18.0 Å². The number of carboxylic acids is 1. The van der Waals surface area contributed by atoms with E-state index in [4.69, 9.17) is 4.74 Å². The molecule has 0 radical (unpaired) electrons. The number of carboxylic acid groups (broad SMARTS) is 1. The molecule has 0 aromatic carbocycles. The van der Waals surface area contributed by atoms with Gasteiger partial charge in [-0.05, 0) is 44.9 Å². The van der Waals surface area contributed by atoms with Crippen LogP contribution in [0.25, 0.3) is 0 Å². The number of carbonyl (C=O) groups is 2. The molecule has 1 fully saturated rings. The van der Waals surface area contributed by atoms with Gasteiger partial charge in [-0.1, -0.05) is 103 Å². The maximum atomic E-state index is 12.1. The summed E-state index contributed by atoms with van der Waals surface area (Å²) in [6.45, 7) is 2.27. The van der Waals surface area contributed by atoms with E-state index in [1.165, 1.54) is 83.5 Å². The Kier molecular flexibility index (Phi) is 18.2. The molecule has 0 aromatic heterocycles. The third-order valence-corrected chi connectivity index (χ3v) is 6.66. The predicted molar refractivity (Wildman–Crippen MR) is 130 cm³/mol. The molecule has 0 amide bonds. The highest BCUT2D eigenvalue weighted by atomic mass is 16.5. The number of esters is 1. The molecule has 1 aliphatic rings. The average Bonchev–Trinajstić information content (AvgIpc) is 2.78. The van der Waals surface area contributed by atoms with Gasteiger partial charge in [0.2, 0.25) is 0 Å². The Morgan fingerprint density at radius 2 is 1.34 bits per heavy atom. The van der Waals surface area contributed by atoms with Gasteiger partial charge in [0, 0.05) is 11.9 Å². The highest BCUT2D eigenvalue weighted by Gasteiger charge is 2.20. The molecular formula is C28H49O4-. The largest absolute Gasteiger partial charge is 0.550 e. The van der Waals surface area contributed by atoms with E-state index in [0.29, 0.717) is 6.42 Å². The lowest BCUT2D eigenvalue weighted by molar-refractivity contribution is -0.311. The molecule has 4 nitrogen and oxygen atoms in total. The van der Waals surface area contributed by atoms with Crippen molar-refractivity contribution in [3.63, 3.8) is 0 Å². The zero-order valence-corrected chi connectivity index (χ0v) is 20.8. The number of unbranched alkanes of at least 4 members (excludes halogenated alkanes) is 13. The first-order valence-electron chi connectivity index (χ1n) is 13.7. The maximum absolute atomic E-state index is 12.1. The fourth-order valence-electron chi connectivity index (χ4n) is 4.54. The lowest BCUT2D eigenvalue weighted by Gasteiger charge is -2.23. The molecule has 0 bridgehead atoms. The Morgan fingerprint density at radius 1 is 0.812 bits per heavy atom. The Balaban J connectivity index is 1.97. The van der Waals surface area contributed by atoms with Crippen LogP contribution in [0.2, 0.25) is 0 Å². The third kappa shape index (κ3) is 16.3. The molecule has 32 heavy (non-hydrogen) atoms. The topological polar surface area (TPSA) is 66.4 Å². The quantitative estimate of drug-likeness (QED) is 0.113. The monoisotopic (exact) mass is 449 g/mol. The molecule has 0 heterocycles. The zero-order chi connectivity index (χ0) is 23.3. The SMILES string of the molecule is CCCCCCCCCCCCCCCC=CCC(CC(=O)OC1CCCCC1)C(=O)[O-]. The number of allylic oxidation sites excluding steroid dienone is 2. The number of carbonyl (C=O) groups excluding carboxylic acids is 2. The smallest absolute Gasteiger partial charge is 0.306 e. The molecular weight excluding hydrogens is 400 g/mol. The number of ether oxygens (including phenoxy) is 1. The highest BCUT2D eigenvalue weighted by molar-refractivity contribution is 5.77. The Labute approximate surface area is 197 Å². The van der Waals surface area contributed by atoms with Crippen molar-refractivity contribution < 1.29 is 19.4 Å². The lowest BCUT2D eigenvalue weighted by atomic mass is 9.97. The van der Waals surface area contributed by atoms with Crippen molar-refractivity contribution in [1.82, 2.24) is 0 Å². The number of aliphatic carboxylic acids is 1. The van der Waals surface area contributed by atoms with Crippen LogP contribution in [0.3, 0.4) is 0 Å². The maximum Gasteiger partial charge on any atom is 0.306 e. The van der Waals surface area contributed by atoms with Crippen molar-refractivity contribution in [3.8, 4) is 0 Å². The van der Waals surface area contributed by atoms with Crippen LogP contribution in [0.1, 0.15) is 142 Å². The molecule has 0 spiro atoms. The van der Waals surface area contributed by atoms with Crippen LogP contribution in [-0.2, 0) is 14.3 Å². The first-order chi connectivity index (χ1) is 15.6. The summed E-state index contributed by atoms with van der Waals surface area (Å²) in [5.41, 5.74) is 0. The minimum absolute atomic E-state index is 0.0234. The van der Waals surface area contributed by atoms with Crippen molar-refractivity contribution >= 4 is 11.9 Å². The van der Waals surface area contributed by atoms with E-state index in [9.17, 15) is 14.7 Å². The van der Waals surface area contributed by atoms with E-state index in [0.717, 1.165) is 38.5 Å². The summed E-state index contributed by atoms with van der Waals surface area (Å²) in [6.07, 6.45) is 27.8. The van der Waals surface area contributed by atoms with Crippen LogP contribution in [0.5, 0.6) is 0 Å². The van der Waals surface area contributed by atoms with E-state index >= 15 is 0 Å². The van der Waals surface area contributed by atoms with Gasteiger partial charge in [0.05, 0.1) is 6.42 Å². The van der Waals surface area contributed by atoms with E-state index in [2.05, 4.69) is 13.0 Å². The molecule has 0 aromatic rings. The van der Waals surface area contributed by atoms with Gasteiger partial charge in [-0.25, -0.2) is 0 Å². The molecule has 1 saturated carbocycles. The van der Waals surface area contributed by atoms with E-state index in [1.807, 2.05) is 6.08 Å². The summed E-state index contributed by atoms with van der Waals surface area (Å²) >= 11 is 0. The van der Waals surface area contributed by atoms with Crippen molar-refractivity contribution in [1.29, 1.82) is 0 Å². The molecule has 1 unspecified atom stereocenters. The van der Waals surface area contributed by atoms with Gasteiger partial charge < -0.3 is 14.6 Å². The normalized spacial score (nSPS) is 15.8. The van der Waals surface area contributed by atoms with Gasteiger partial charge in [0.15, 0.2) is 0 Å². The first-order valence-corrected chi connectivity index (χ1v) is 13.7. The van der Waals surface area contributed by atoms with E-state index < -0.39 is 17.9 Å². The van der Waals surface area contributed by atoms with Crippen LogP contribution in [0.15, 0.2) is 12.2 Å².